The molecule has 0 amide bonds. The minimum Gasteiger partial charge on any atom is -0.324 e. The molecule has 2 heteroatoms. The molecule has 0 aliphatic heterocycles. The summed E-state index contributed by atoms with van der Waals surface area (Å²) in [6.45, 7) is 0. The Hall–Kier alpha value is -0.890. The first kappa shape index (κ1) is 12.8. The topological polar surface area (TPSA) is 26.0 Å². The summed E-state index contributed by atoms with van der Waals surface area (Å²) in [5.74, 6) is 2.71. The van der Waals surface area contributed by atoms with Gasteiger partial charge in [0.15, 0.2) is 0 Å². The molecule has 4 bridgehead atoms. The van der Waals surface area contributed by atoms with Crippen LogP contribution in [0.5, 0.6) is 0 Å². The second kappa shape index (κ2) is 4.56. The largest absolute Gasteiger partial charge is 0.324 e. The van der Waals surface area contributed by atoms with Crippen molar-refractivity contribution in [1.82, 2.24) is 0 Å². The molecule has 4 fully saturated rings. The van der Waals surface area contributed by atoms with E-state index < -0.39 is 0 Å². The van der Waals surface area contributed by atoms with Gasteiger partial charge < -0.3 is 5.73 Å². The van der Waals surface area contributed by atoms with Crippen molar-refractivity contribution >= 4 is 0 Å². The predicted octanol–water partition coefficient (Wildman–Crippen LogP) is 4.43. The van der Waals surface area contributed by atoms with Gasteiger partial charge in [-0.2, -0.15) is 0 Å². The fourth-order valence-corrected chi connectivity index (χ4v) is 5.86. The number of rotatable bonds is 3. The van der Waals surface area contributed by atoms with Crippen LogP contribution in [0.25, 0.3) is 0 Å². The summed E-state index contributed by atoms with van der Waals surface area (Å²) in [6.07, 6.45) is 9.59. The van der Waals surface area contributed by atoms with E-state index in [1.54, 1.807) is 12.1 Å². The van der Waals surface area contributed by atoms with E-state index in [1.165, 1.54) is 44.6 Å². The molecule has 1 nitrogen and oxygen atoms in total. The monoisotopic (exact) mass is 273 g/mol. The van der Waals surface area contributed by atoms with E-state index in [1.807, 2.05) is 6.07 Å². The van der Waals surface area contributed by atoms with Crippen LogP contribution in [0.1, 0.15) is 56.6 Å². The fraction of sp³-hybridized carbons (Fsp3) is 0.667. The van der Waals surface area contributed by atoms with Gasteiger partial charge in [0.25, 0.3) is 0 Å². The standard InChI is InChI=1S/C18H24FN/c19-16-3-1-2-15(7-16)17(20)11-18-8-12-4-13(9-18)6-14(5-12)10-18/h1-3,7,12-14,17H,4-6,8-11,20H2. The molecule has 4 aliphatic rings. The fourth-order valence-electron chi connectivity index (χ4n) is 5.86. The van der Waals surface area contributed by atoms with E-state index in [-0.39, 0.29) is 11.9 Å². The van der Waals surface area contributed by atoms with Crippen LogP contribution in [0.15, 0.2) is 24.3 Å². The van der Waals surface area contributed by atoms with Crippen molar-refractivity contribution in [3.63, 3.8) is 0 Å². The zero-order chi connectivity index (χ0) is 13.7. The molecule has 108 valence electrons. The molecule has 5 rings (SSSR count). The van der Waals surface area contributed by atoms with Gasteiger partial charge in [-0.3, -0.25) is 0 Å². The van der Waals surface area contributed by atoms with Gasteiger partial charge in [-0.25, -0.2) is 4.39 Å². The minimum atomic E-state index is -0.163. The minimum absolute atomic E-state index is 0.00181. The normalized spacial score (nSPS) is 40.0. The van der Waals surface area contributed by atoms with Crippen molar-refractivity contribution in [3.05, 3.63) is 35.6 Å². The van der Waals surface area contributed by atoms with E-state index in [2.05, 4.69) is 0 Å². The van der Waals surface area contributed by atoms with Gasteiger partial charge in [-0.05, 0) is 85.8 Å². The lowest BCUT2D eigenvalue weighted by molar-refractivity contribution is -0.0605. The molecule has 0 spiro atoms. The average molecular weight is 273 g/mol. The Morgan fingerprint density at radius 1 is 1.10 bits per heavy atom. The smallest absolute Gasteiger partial charge is 0.123 e. The van der Waals surface area contributed by atoms with Gasteiger partial charge in [0, 0.05) is 6.04 Å². The summed E-state index contributed by atoms with van der Waals surface area (Å²) in [7, 11) is 0. The van der Waals surface area contributed by atoms with Crippen LogP contribution in [-0.2, 0) is 0 Å². The van der Waals surface area contributed by atoms with Crippen LogP contribution in [0.3, 0.4) is 0 Å². The third-order valence-corrected chi connectivity index (χ3v) is 6.09. The van der Waals surface area contributed by atoms with Crippen LogP contribution in [0.2, 0.25) is 0 Å². The molecule has 1 aromatic carbocycles. The van der Waals surface area contributed by atoms with Crippen LogP contribution in [0, 0.1) is 29.0 Å². The Bertz CT molecular complexity index is 475. The summed E-state index contributed by atoms with van der Waals surface area (Å²) >= 11 is 0. The molecule has 4 aliphatic carbocycles. The van der Waals surface area contributed by atoms with E-state index in [0.717, 1.165) is 29.7 Å². The maximum Gasteiger partial charge on any atom is 0.123 e. The quantitative estimate of drug-likeness (QED) is 0.866. The van der Waals surface area contributed by atoms with Crippen LogP contribution < -0.4 is 5.73 Å². The molecule has 1 aromatic rings. The van der Waals surface area contributed by atoms with Gasteiger partial charge in [-0.1, -0.05) is 12.1 Å². The molecule has 1 atom stereocenters. The van der Waals surface area contributed by atoms with Crippen LogP contribution in [0.4, 0.5) is 4.39 Å². The maximum absolute atomic E-state index is 13.4. The lowest BCUT2D eigenvalue weighted by Crippen LogP contribution is -2.47. The number of halogens is 1. The second-order valence-corrected chi connectivity index (χ2v) is 7.78. The van der Waals surface area contributed by atoms with E-state index in [4.69, 9.17) is 5.73 Å². The van der Waals surface area contributed by atoms with Gasteiger partial charge in [0.1, 0.15) is 5.82 Å². The highest BCUT2D eigenvalue weighted by Gasteiger charge is 2.51. The number of nitrogens with two attached hydrogens (primary N) is 1. The Morgan fingerprint density at radius 3 is 2.25 bits per heavy atom. The summed E-state index contributed by atoms with van der Waals surface area (Å²) in [5, 5.41) is 0. The molecule has 0 aromatic heterocycles. The van der Waals surface area contributed by atoms with E-state index in [0.29, 0.717) is 5.41 Å². The molecule has 0 radical (unpaired) electrons. The van der Waals surface area contributed by atoms with Crippen molar-refractivity contribution in [2.24, 2.45) is 28.9 Å². The molecular weight excluding hydrogens is 249 g/mol. The van der Waals surface area contributed by atoms with E-state index in [9.17, 15) is 4.39 Å². The van der Waals surface area contributed by atoms with Crippen molar-refractivity contribution in [1.29, 1.82) is 0 Å². The van der Waals surface area contributed by atoms with Gasteiger partial charge >= 0.3 is 0 Å². The Balaban J connectivity index is 1.53. The summed E-state index contributed by atoms with van der Waals surface area (Å²) < 4.78 is 13.4. The number of hydrogen-bond acceptors (Lipinski definition) is 1. The van der Waals surface area contributed by atoms with E-state index >= 15 is 0 Å². The highest BCUT2D eigenvalue weighted by Crippen LogP contribution is 2.62. The maximum atomic E-state index is 13.4. The van der Waals surface area contributed by atoms with Crippen LogP contribution >= 0.6 is 0 Å². The van der Waals surface area contributed by atoms with Gasteiger partial charge in [0.05, 0.1) is 0 Å². The molecule has 2 N–H and O–H groups in total. The van der Waals surface area contributed by atoms with Crippen molar-refractivity contribution in [3.8, 4) is 0 Å². The summed E-state index contributed by atoms with van der Waals surface area (Å²) in [4.78, 5) is 0. The summed E-state index contributed by atoms with van der Waals surface area (Å²) in [6, 6.07) is 6.88. The summed E-state index contributed by atoms with van der Waals surface area (Å²) in [5.41, 5.74) is 7.86. The molecule has 4 saturated carbocycles. The lowest BCUT2D eigenvalue weighted by atomic mass is 9.48. The highest BCUT2D eigenvalue weighted by molar-refractivity contribution is 5.20. The molecular formula is C18H24FN. The third kappa shape index (κ3) is 2.18. The zero-order valence-electron chi connectivity index (χ0n) is 12.0. The predicted molar refractivity (Wildman–Crippen MR) is 78.6 cm³/mol. The third-order valence-electron chi connectivity index (χ3n) is 6.09. The van der Waals surface area contributed by atoms with Crippen molar-refractivity contribution in [2.75, 3.05) is 0 Å². The SMILES string of the molecule is NC(CC12CC3CC(CC(C3)C1)C2)c1cccc(F)c1. The Morgan fingerprint density at radius 2 is 1.70 bits per heavy atom. The van der Waals surface area contributed by atoms with Gasteiger partial charge in [0.2, 0.25) is 0 Å². The molecule has 20 heavy (non-hydrogen) atoms. The highest BCUT2D eigenvalue weighted by atomic mass is 19.1. The van der Waals surface area contributed by atoms with Crippen molar-refractivity contribution < 1.29 is 4.39 Å². The lowest BCUT2D eigenvalue weighted by Gasteiger charge is -2.57. The van der Waals surface area contributed by atoms with Gasteiger partial charge in [-0.15, -0.1) is 0 Å². The van der Waals surface area contributed by atoms with Crippen LogP contribution in [-0.4, -0.2) is 0 Å². The molecule has 0 saturated heterocycles. The molecule has 1 unspecified atom stereocenters. The Kier molecular flexibility index (Phi) is 2.92. The first-order chi connectivity index (χ1) is 9.62. The first-order valence-corrected chi connectivity index (χ1v) is 8.13. The number of benzene rings is 1. The average Bonchev–Trinajstić information content (AvgIpc) is 2.36. The van der Waals surface area contributed by atoms with Crippen molar-refractivity contribution in [2.45, 2.75) is 51.0 Å². The second-order valence-electron chi connectivity index (χ2n) is 7.78. The number of hydrogen-bond donors (Lipinski definition) is 1. The Labute approximate surface area is 120 Å². The zero-order valence-corrected chi connectivity index (χ0v) is 12.0. The molecule has 0 heterocycles. The first-order valence-electron chi connectivity index (χ1n) is 8.13.